The van der Waals surface area contributed by atoms with Crippen LogP contribution in [0.5, 0.6) is 0 Å². The van der Waals surface area contributed by atoms with E-state index in [1.165, 1.54) is 0 Å². The number of aliphatic hydroxyl groups is 1. The van der Waals surface area contributed by atoms with E-state index >= 15 is 0 Å². The summed E-state index contributed by atoms with van der Waals surface area (Å²) in [6, 6.07) is 1.80. The normalized spacial score (nSPS) is 18.9. The van der Waals surface area contributed by atoms with E-state index in [1.54, 1.807) is 0 Å². The summed E-state index contributed by atoms with van der Waals surface area (Å²) in [5, 5.41) is 13.2. The van der Waals surface area contributed by atoms with Crippen molar-refractivity contribution in [3.8, 4) is 0 Å². The van der Waals surface area contributed by atoms with E-state index in [2.05, 4.69) is 5.32 Å². The lowest BCUT2D eigenvalue weighted by atomic mass is 9.94. The third-order valence-electron chi connectivity index (χ3n) is 3.64. The van der Waals surface area contributed by atoms with Crippen molar-refractivity contribution in [3.05, 3.63) is 29.6 Å². The Balaban J connectivity index is 2.01. The van der Waals surface area contributed by atoms with Gasteiger partial charge in [-0.05, 0) is 12.8 Å². The average Bonchev–Trinajstić information content (AvgIpc) is 2.59. The first-order valence-corrected chi connectivity index (χ1v) is 6.61. The van der Waals surface area contributed by atoms with Gasteiger partial charge in [-0.1, -0.05) is 25.7 Å². The Kier molecular flexibility index (Phi) is 4.34. The summed E-state index contributed by atoms with van der Waals surface area (Å²) in [4.78, 5) is 0. The van der Waals surface area contributed by atoms with Crippen molar-refractivity contribution < 1.29 is 18.3 Å². The molecule has 19 heavy (non-hydrogen) atoms. The maximum absolute atomic E-state index is 13.0. The molecule has 1 saturated carbocycles. The van der Waals surface area contributed by atoms with Crippen LogP contribution in [0.3, 0.4) is 0 Å². The highest BCUT2D eigenvalue weighted by atomic mass is 19.2. The van der Waals surface area contributed by atoms with Gasteiger partial charge >= 0.3 is 0 Å². The summed E-state index contributed by atoms with van der Waals surface area (Å²) in [5.74, 6) is -3.93. The number of hydrogen-bond donors (Lipinski definition) is 2. The zero-order chi connectivity index (χ0) is 13.9. The molecule has 1 aliphatic rings. The van der Waals surface area contributed by atoms with Crippen LogP contribution in [0.1, 0.15) is 38.5 Å². The van der Waals surface area contributed by atoms with Crippen LogP contribution in [-0.4, -0.2) is 17.3 Å². The Bertz CT molecular complexity index is 419. The molecule has 106 valence electrons. The molecule has 2 rings (SSSR count). The van der Waals surface area contributed by atoms with Crippen LogP contribution in [0.2, 0.25) is 0 Å². The molecule has 2 N–H and O–H groups in total. The van der Waals surface area contributed by atoms with Gasteiger partial charge in [0.2, 0.25) is 0 Å². The molecule has 0 heterocycles. The van der Waals surface area contributed by atoms with Crippen molar-refractivity contribution in [2.75, 3.05) is 11.9 Å². The lowest BCUT2D eigenvalue weighted by Crippen LogP contribution is -2.36. The third-order valence-corrected chi connectivity index (χ3v) is 3.64. The van der Waals surface area contributed by atoms with Gasteiger partial charge < -0.3 is 10.4 Å². The van der Waals surface area contributed by atoms with Gasteiger partial charge in [0, 0.05) is 24.4 Å². The Hall–Kier alpha value is -1.23. The largest absolute Gasteiger partial charge is 0.388 e. The molecule has 0 aromatic heterocycles. The molecule has 0 unspecified atom stereocenters. The molecule has 0 aliphatic heterocycles. The minimum absolute atomic E-state index is 0.147. The van der Waals surface area contributed by atoms with Crippen molar-refractivity contribution >= 4 is 5.69 Å². The fraction of sp³-hybridized carbons (Fsp3) is 0.571. The summed E-state index contributed by atoms with van der Waals surface area (Å²) in [5.41, 5.74) is -0.702. The number of hydrogen-bond acceptors (Lipinski definition) is 2. The minimum Gasteiger partial charge on any atom is -0.388 e. The van der Waals surface area contributed by atoms with E-state index in [4.69, 9.17) is 0 Å². The molecule has 0 spiro atoms. The molecule has 2 nitrogen and oxygen atoms in total. The zero-order valence-electron chi connectivity index (χ0n) is 10.7. The molecule has 5 heteroatoms. The van der Waals surface area contributed by atoms with Gasteiger partial charge in [0.15, 0.2) is 17.5 Å². The molecule has 1 fully saturated rings. The Morgan fingerprint density at radius 3 is 2.05 bits per heavy atom. The van der Waals surface area contributed by atoms with Gasteiger partial charge in [-0.2, -0.15) is 0 Å². The summed E-state index contributed by atoms with van der Waals surface area (Å²) < 4.78 is 38.9. The van der Waals surface area contributed by atoms with Crippen LogP contribution < -0.4 is 5.32 Å². The summed E-state index contributed by atoms with van der Waals surface area (Å²) in [6.07, 6.45) is 5.44. The maximum Gasteiger partial charge on any atom is 0.194 e. The van der Waals surface area contributed by atoms with Crippen molar-refractivity contribution in [3.63, 3.8) is 0 Å². The Morgan fingerprint density at radius 2 is 1.53 bits per heavy atom. The average molecular weight is 273 g/mol. The van der Waals surface area contributed by atoms with Gasteiger partial charge in [0.25, 0.3) is 0 Å². The SMILES string of the molecule is OC1(CNc2cc(F)c(F)c(F)c2)CCCCCC1. The molecule has 0 radical (unpaired) electrons. The summed E-state index contributed by atoms with van der Waals surface area (Å²) in [7, 11) is 0. The van der Waals surface area contributed by atoms with Gasteiger partial charge in [0.1, 0.15) is 0 Å². The van der Waals surface area contributed by atoms with Crippen LogP contribution in [-0.2, 0) is 0 Å². The molecule has 1 aromatic rings. The number of halogens is 3. The van der Waals surface area contributed by atoms with E-state index in [0.717, 1.165) is 37.8 Å². The molecule has 0 bridgehead atoms. The van der Waals surface area contributed by atoms with Crippen molar-refractivity contribution in [2.24, 2.45) is 0 Å². The van der Waals surface area contributed by atoms with Crippen LogP contribution >= 0.6 is 0 Å². The van der Waals surface area contributed by atoms with E-state index in [-0.39, 0.29) is 12.2 Å². The molecular weight excluding hydrogens is 255 g/mol. The number of rotatable bonds is 3. The second kappa shape index (κ2) is 5.82. The smallest absolute Gasteiger partial charge is 0.194 e. The molecule has 1 aliphatic carbocycles. The standard InChI is InChI=1S/C14H18F3NO/c15-11-7-10(8-12(16)13(11)17)18-9-14(19)5-3-1-2-4-6-14/h7-8,18-19H,1-6,9H2. The topological polar surface area (TPSA) is 32.3 Å². The number of benzene rings is 1. The van der Waals surface area contributed by atoms with Crippen molar-refractivity contribution in [1.82, 2.24) is 0 Å². The fourth-order valence-corrected chi connectivity index (χ4v) is 2.49. The van der Waals surface area contributed by atoms with Gasteiger partial charge in [-0.25, -0.2) is 13.2 Å². The molecular formula is C14H18F3NO. The van der Waals surface area contributed by atoms with Gasteiger partial charge in [-0.15, -0.1) is 0 Å². The van der Waals surface area contributed by atoms with E-state index < -0.39 is 23.1 Å². The predicted octanol–water partition coefficient (Wildman–Crippen LogP) is 3.60. The number of nitrogens with one attached hydrogen (secondary N) is 1. The molecule has 0 saturated heterocycles. The maximum atomic E-state index is 13.0. The first-order valence-electron chi connectivity index (χ1n) is 6.61. The van der Waals surface area contributed by atoms with Crippen molar-refractivity contribution in [2.45, 2.75) is 44.1 Å². The first kappa shape index (κ1) is 14.2. The van der Waals surface area contributed by atoms with Gasteiger partial charge in [-0.3, -0.25) is 0 Å². The quantitative estimate of drug-likeness (QED) is 0.651. The lowest BCUT2D eigenvalue weighted by molar-refractivity contribution is 0.0381. The highest BCUT2D eigenvalue weighted by Crippen LogP contribution is 2.27. The lowest BCUT2D eigenvalue weighted by Gasteiger charge is -2.27. The minimum atomic E-state index is -1.47. The third kappa shape index (κ3) is 3.62. The Morgan fingerprint density at radius 1 is 1.00 bits per heavy atom. The monoisotopic (exact) mass is 273 g/mol. The highest BCUT2D eigenvalue weighted by Gasteiger charge is 2.27. The zero-order valence-corrected chi connectivity index (χ0v) is 10.7. The van der Waals surface area contributed by atoms with E-state index in [0.29, 0.717) is 12.8 Å². The molecule has 1 aromatic carbocycles. The number of anilines is 1. The molecule has 0 atom stereocenters. The van der Waals surface area contributed by atoms with Crippen molar-refractivity contribution in [1.29, 1.82) is 0 Å². The van der Waals surface area contributed by atoms with E-state index in [9.17, 15) is 18.3 Å². The first-order chi connectivity index (χ1) is 9.00. The summed E-state index contributed by atoms with van der Waals surface area (Å²) >= 11 is 0. The van der Waals surface area contributed by atoms with E-state index in [1.807, 2.05) is 0 Å². The van der Waals surface area contributed by atoms with Crippen LogP contribution in [0.4, 0.5) is 18.9 Å². The highest BCUT2D eigenvalue weighted by molar-refractivity contribution is 5.44. The summed E-state index contributed by atoms with van der Waals surface area (Å²) in [6.45, 7) is 0.220. The fourth-order valence-electron chi connectivity index (χ4n) is 2.49. The Labute approximate surface area is 110 Å². The second-order valence-electron chi connectivity index (χ2n) is 5.25. The van der Waals surface area contributed by atoms with Crippen LogP contribution in [0.25, 0.3) is 0 Å². The van der Waals surface area contributed by atoms with Crippen LogP contribution in [0.15, 0.2) is 12.1 Å². The second-order valence-corrected chi connectivity index (χ2v) is 5.25. The van der Waals surface area contributed by atoms with Crippen LogP contribution in [0, 0.1) is 17.5 Å². The molecule has 0 amide bonds. The predicted molar refractivity (Wildman–Crippen MR) is 67.5 cm³/mol. The van der Waals surface area contributed by atoms with Gasteiger partial charge in [0.05, 0.1) is 5.60 Å².